The summed E-state index contributed by atoms with van der Waals surface area (Å²) in [5.41, 5.74) is 12.5. The fraction of sp³-hybridized carbons (Fsp3) is 0.333. The van der Waals surface area contributed by atoms with E-state index >= 15 is 0 Å². The van der Waals surface area contributed by atoms with Gasteiger partial charge in [-0.2, -0.15) is 0 Å². The van der Waals surface area contributed by atoms with Crippen molar-refractivity contribution in [2.24, 2.45) is 0 Å². The van der Waals surface area contributed by atoms with E-state index in [0.29, 0.717) is 25.6 Å². The van der Waals surface area contributed by atoms with Crippen LogP contribution in [0.2, 0.25) is 0 Å². The summed E-state index contributed by atoms with van der Waals surface area (Å²) in [4.78, 5) is 23.4. The Morgan fingerprint density at radius 3 is 1.77 bits per heavy atom. The molecule has 0 saturated carbocycles. The van der Waals surface area contributed by atoms with Crippen LogP contribution < -0.4 is 21.7 Å². The first-order valence-corrected chi connectivity index (χ1v) is 16.5. The molecule has 5 N–H and O–H groups in total. The second-order valence-electron chi connectivity index (χ2n) is 11.7. The molecule has 0 fully saturated rings. The van der Waals surface area contributed by atoms with E-state index in [0.717, 1.165) is 42.3 Å². The number of benzene rings is 4. The van der Waals surface area contributed by atoms with Crippen LogP contribution in [0.25, 0.3) is 0 Å². The van der Waals surface area contributed by atoms with Crippen LogP contribution in [-0.2, 0) is 25.9 Å². The van der Waals surface area contributed by atoms with Gasteiger partial charge in [-0.05, 0) is 97.7 Å². The molecule has 0 aromatic heterocycles. The highest BCUT2D eigenvalue weighted by Gasteiger charge is 2.24. The van der Waals surface area contributed by atoms with E-state index in [1.807, 2.05) is 6.07 Å². The Morgan fingerprint density at radius 2 is 1.23 bits per heavy atom. The summed E-state index contributed by atoms with van der Waals surface area (Å²) in [6.07, 6.45) is 1.52. The maximum absolute atomic E-state index is 14.3. The predicted octanol–water partition coefficient (Wildman–Crippen LogP) is 7.29. The molecule has 0 bridgehead atoms. The van der Waals surface area contributed by atoms with Crippen molar-refractivity contribution in [3.63, 3.8) is 0 Å². The van der Waals surface area contributed by atoms with Crippen LogP contribution in [0.15, 0.2) is 60.7 Å². The number of hydrogen-bond donors (Lipinski definition) is 3. The molecule has 11 nitrogen and oxygen atoms in total. The van der Waals surface area contributed by atoms with E-state index in [-0.39, 0.29) is 17.3 Å². The SMILES string of the molecule is CCN(CC)CC.Fc1ccc2c(c1)CCNC2.Nc1c([N+](=O)[O-])ccc(F)c1F.Nc1c([N+](=O)[O-])ccc(N2CCc3cc(F)ccc3C2)c1F. The second kappa shape index (κ2) is 19.3. The molecule has 0 atom stereocenters. The lowest BCUT2D eigenvalue weighted by atomic mass is 9.99. The number of nitro benzene ring substituents is 2. The number of fused-ring (bicyclic) bond motifs is 2. The zero-order valence-corrected chi connectivity index (χ0v) is 29.1. The molecule has 2 aliphatic heterocycles. The molecule has 0 spiro atoms. The summed E-state index contributed by atoms with van der Waals surface area (Å²) in [5, 5.41) is 24.1. The minimum atomic E-state index is -1.38. The zero-order valence-electron chi connectivity index (χ0n) is 29.1. The number of nitrogens with one attached hydrogen (secondary N) is 1. The highest BCUT2D eigenvalue weighted by Crippen LogP contribution is 2.34. The summed E-state index contributed by atoms with van der Waals surface area (Å²) >= 11 is 0. The molecule has 0 saturated heterocycles. The molecule has 2 heterocycles. The largest absolute Gasteiger partial charge is 0.391 e. The summed E-state index contributed by atoms with van der Waals surface area (Å²) in [6, 6.07) is 13.6. The van der Waals surface area contributed by atoms with Gasteiger partial charge in [-0.25, -0.2) is 22.0 Å². The smallest absolute Gasteiger partial charge is 0.295 e. The number of rotatable bonds is 6. The van der Waals surface area contributed by atoms with E-state index in [1.54, 1.807) is 17.0 Å². The minimum Gasteiger partial charge on any atom is -0.391 e. The van der Waals surface area contributed by atoms with Gasteiger partial charge in [0, 0.05) is 31.8 Å². The van der Waals surface area contributed by atoms with Gasteiger partial charge in [0.25, 0.3) is 11.4 Å². The van der Waals surface area contributed by atoms with Crippen LogP contribution in [0.3, 0.4) is 0 Å². The van der Waals surface area contributed by atoms with Gasteiger partial charge in [0.15, 0.2) is 17.5 Å². The van der Waals surface area contributed by atoms with Gasteiger partial charge in [0.05, 0.1) is 15.5 Å². The molecule has 0 amide bonds. The molecule has 4 aromatic rings. The lowest BCUT2D eigenvalue weighted by Gasteiger charge is -2.31. The molecular formula is C36H42F5N7O4. The average molecular weight is 732 g/mol. The zero-order chi connectivity index (χ0) is 38.5. The van der Waals surface area contributed by atoms with Gasteiger partial charge >= 0.3 is 0 Å². The molecule has 16 heteroatoms. The third-order valence-electron chi connectivity index (χ3n) is 8.56. The maximum Gasteiger partial charge on any atom is 0.295 e. The maximum atomic E-state index is 14.3. The van der Waals surface area contributed by atoms with Crippen LogP contribution >= 0.6 is 0 Å². The van der Waals surface area contributed by atoms with Crippen LogP contribution in [0.4, 0.5) is 50.4 Å². The van der Waals surface area contributed by atoms with Gasteiger partial charge < -0.3 is 26.6 Å². The first kappa shape index (κ1) is 41.1. The monoisotopic (exact) mass is 731 g/mol. The Hall–Kier alpha value is -5.35. The fourth-order valence-corrected chi connectivity index (χ4v) is 5.53. The van der Waals surface area contributed by atoms with Crippen LogP contribution in [0, 0.1) is 49.3 Å². The number of nitro groups is 2. The van der Waals surface area contributed by atoms with Crippen LogP contribution in [0.5, 0.6) is 0 Å². The van der Waals surface area contributed by atoms with E-state index < -0.39 is 50.0 Å². The van der Waals surface area contributed by atoms with Gasteiger partial charge in [-0.15, -0.1) is 0 Å². The Morgan fingerprint density at radius 1 is 0.712 bits per heavy atom. The number of nitrogens with zero attached hydrogens (tertiary/aromatic N) is 4. The molecule has 6 rings (SSSR count). The van der Waals surface area contributed by atoms with Crippen molar-refractivity contribution in [2.45, 2.75) is 46.7 Å². The number of hydrogen-bond acceptors (Lipinski definition) is 9. The lowest BCUT2D eigenvalue weighted by molar-refractivity contribution is -0.384. The quantitative estimate of drug-likeness (QED) is 0.0802. The van der Waals surface area contributed by atoms with Gasteiger partial charge in [0.1, 0.15) is 23.0 Å². The third kappa shape index (κ3) is 10.8. The van der Waals surface area contributed by atoms with Crippen LogP contribution in [-0.4, -0.2) is 47.5 Å². The lowest BCUT2D eigenvalue weighted by Crippen LogP contribution is -2.31. The standard InChI is InChI=1S/C15H13F2N3O2.C9H10FN.C6H4F2N2O2.C6H15N/c16-11-2-1-10-8-19(6-5-9(10)7-11)12-3-4-13(20(21)22)15(18)14(12)17;10-9-2-1-8-6-11-4-3-7(8)5-9;7-3-1-2-4(10(11)12)6(9)5(3)8;1-4-7(5-2)6-3/h1-4,7H,5-6,8,18H2;1-2,5,11H,3-4,6H2;1-2H,9H2;4-6H2,1-3H3. The summed E-state index contributed by atoms with van der Waals surface area (Å²) < 4.78 is 65.1. The molecule has 0 radical (unpaired) electrons. The molecule has 2 aliphatic rings. The van der Waals surface area contributed by atoms with E-state index in [9.17, 15) is 42.2 Å². The van der Waals surface area contributed by atoms with Crippen LogP contribution in [0.1, 0.15) is 43.0 Å². The highest BCUT2D eigenvalue weighted by molar-refractivity contribution is 5.68. The van der Waals surface area contributed by atoms with Crippen molar-refractivity contribution in [1.82, 2.24) is 10.2 Å². The Labute approximate surface area is 298 Å². The van der Waals surface area contributed by atoms with Crippen molar-refractivity contribution < 1.29 is 31.8 Å². The second-order valence-corrected chi connectivity index (χ2v) is 11.7. The molecule has 52 heavy (non-hydrogen) atoms. The topological polar surface area (TPSA) is 157 Å². The van der Waals surface area contributed by atoms with Crippen molar-refractivity contribution in [3.05, 3.63) is 132 Å². The molecule has 4 aromatic carbocycles. The highest BCUT2D eigenvalue weighted by atomic mass is 19.2. The third-order valence-corrected chi connectivity index (χ3v) is 8.56. The molecule has 0 aliphatic carbocycles. The number of nitrogens with two attached hydrogens (primary N) is 2. The molecular weight excluding hydrogens is 689 g/mol. The summed E-state index contributed by atoms with van der Waals surface area (Å²) in [6.45, 7) is 12.9. The summed E-state index contributed by atoms with van der Waals surface area (Å²) in [5.74, 6) is -3.79. The van der Waals surface area contributed by atoms with Gasteiger partial charge in [-0.1, -0.05) is 32.9 Å². The number of anilines is 3. The van der Waals surface area contributed by atoms with E-state index in [4.69, 9.17) is 11.5 Å². The van der Waals surface area contributed by atoms with E-state index in [2.05, 4.69) is 31.0 Å². The normalized spacial score (nSPS) is 12.9. The van der Waals surface area contributed by atoms with E-state index in [1.165, 1.54) is 55.5 Å². The fourth-order valence-electron chi connectivity index (χ4n) is 5.53. The number of nitrogen functional groups attached to an aromatic ring is 2. The first-order valence-electron chi connectivity index (χ1n) is 16.5. The van der Waals surface area contributed by atoms with Crippen molar-refractivity contribution in [1.29, 1.82) is 0 Å². The Bertz CT molecular complexity index is 1860. The molecule has 0 unspecified atom stereocenters. The summed E-state index contributed by atoms with van der Waals surface area (Å²) in [7, 11) is 0. The first-order chi connectivity index (χ1) is 24.7. The van der Waals surface area contributed by atoms with Gasteiger partial charge in [0.2, 0.25) is 0 Å². The van der Waals surface area contributed by atoms with Crippen molar-refractivity contribution >= 4 is 28.4 Å². The predicted molar refractivity (Wildman–Crippen MR) is 191 cm³/mol. The Balaban J connectivity index is 0.000000206. The average Bonchev–Trinajstić information content (AvgIpc) is 3.13. The molecule has 280 valence electrons. The minimum absolute atomic E-state index is 0.120. The van der Waals surface area contributed by atoms with Gasteiger partial charge in [-0.3, -0.25) is 20.2 Å². The van der Waals surface area contributed by atoms with Crippen molar-refractivity contribution in [3.8, 4) is 0 Å². The Kier molecular flexibility index (Phi) is 15.3. The number of halogens is 5. The van der Waals surface area contributed by atoms with Crippen molar-refractivity contribution in [2.75, 3.05) is 49.1 Å².